The van der Waals surface area contributed by atoms with E-state index in [2.05, 4.69) is 19.9 Å². The van der Waals surface area contributed by atoms with E-state index >= 15 is 0 Å². The number of anilines is 1. The first-order chi connectivity index (χ1) is 11.7. The van der Waals surface area contributed by atoms with Gasteiger partial charge >= 0.3 is 0 Å². The number of fused-ring (bicyclic) bond motifs is 1. The summed E-state index contributed by atoms with van der Waals surface area (Å²) in [5.41, 5.74) is 9.46. The van der Waals surface area contributed by atoms with E-state index in [-0.39, 0.29) is 5.95 Å². The van der Waals surface area contributed by atoms with E-state index in [0.29, 0.717) is 23.0 Å². The molecule has 0 unspecified atom stereocenters. The lowest BCUT2D eigenvalue weighted by molar-refractivity contribution is 0.398. The van der Waals surface area contributed by atoms with Crippen LogP contribution in [0.2, 0.25) is 0 Å². The van der Waals surface area contributed by atoms with Gasteiger partial charge in [0.05, 0.1) is 18.4 Å². The van der Waals surface area contributed by atoms with Gasteiger partial charge < -0.3 is 14.9 Å². The van der Waals surface area contributed by atoms with Gasteiger partial charge in [0.1, 0.15) is 5.52 Å². The van der Waals surface area contributed by atoms with Crippen LogP contribution in [0.15, 0.2) is 53.2 Å². The van der Waals surface area contributed by atoms with Crippen LogP contribution in [0, 0.1) is 0 Å². The zero-order valence-electron chi connectivity index (χ0n) is 12.8. The van der Waals surface area contributed by atoms with E-state index in [0.717, 1.165) is 16.6 Å². The summed E-state index contributed by atoms with van der Waals surface area (Å²) in [5.74, 6) is 1.09. The highest BCUT2D eigenvalue weighted by molar-refractivity contribution is 5.81. The third kappa shape index (κ3) is 2.52. The van der Waals surface area contributed by atoms with Crippen molar-refractivity contribution in [2.24, 2.45) is 0 Å². The van der Waals surface area contributed by atoms with Gasteiger partial charge in [-0.3, -0.25) is 4.98 Å². The Bertz CT molecular complexity index is 1010. The Balaban J connectivity index is 1.80. The fourth-order valence-corrected chi connectivity index (χ4v) is 2.39. The number of nitrogens with two attached hydrogens (primary N) is 1. The molecule has 0 bridgehead atoms. The second-order valence-corrected chi connectivity index (χ2v) is 5.10. The molecule has 4 aromatic rings. The largest absolute Gasteiger partial charge is 0.481 e. The van der Waals surface area contributed by atoms with Gasteiger partial charge in [0.15, 0.2) is 5.58 Å². The molecule has 3 heterocycles. The smallest absolute Gasteiger partial charge is 0.228 e. The van der Waals surface area contributed by atoms with Crippen LogP contribution in [-0.4, -0.2) is 27.0 Å². The Hall–Kier alpha value is -3.48. The molecule has 0 saturated carbocycles. The molecule has 0 fully saturated rings. The van der Waals surface area contributed by atoms with Crippen LogP contribution in [0.3, 0.4) is 0 Å². The molecule has 24 heavy (non-hydrogen) atoms. The van der Waals surface area contributed by atoms with E-state index in [1.807, 2.05) is 30.3 Å². The Morgan fingerprint density at radius 3 is 2.75 bits per heavy atom. The quantitative estimate of drug-likeness (QED) is 0.619. The maximum Gasteiger partial charge on any atom is 0.228 e. The highest BCUT2D eigenvalue weighted by Gasteiger charge is 2.11. The van der Waals surface area contributed by atoms with Crippen LogP contribution >= 0.6 is 0 Å². The first-order valence-electron chi connectivity index (χ1n) is 7.23. The maximum atomic E-state index is 5.78. The van der Waals surface area contributed by atoms with E-state index in [1.165, 1.54) is 7.11 Å². The highest BCUT2D eigenvalue weighted by atomic mass is 16.5. The van der Waals surface area contributed by atoms with Crippen molar-refractivity contribution < 1.29 is 9.15 Å². The number of hydrogen-bond acceptors (Lipinski definition) is 7. The number of nitrogens with zero attached hydrogens (tertiary/aromatic N) is 4. The van der Waals surface area contributed by atoms with Crippen molar-refractivity contribution in [3.63, 3.8) is 0 Å². The summed E-state index contributed by atoms with van der Waals surface area (Å²) in [7, 11) is 1.53. The summed E-state index contributed by atoms with van der Waals surface area (Å²) in [5, 5.41) is 0. The molecule has 0 saturated heterocycles. The molecule has 3 aromatic heterocycles. The molecule has 7 nitrogen and oxygen atoms in total. The van der Waals surface area contributed by atoms with Crippen molar-refractivity contribution in [3.8, 4) is 28.6 Å². The zero-order chi connectivity index (χ0) is 16.5. The number of hydrogen-bond donors (Lipinski definition) is 1. The van der Waals surface area contributed by atoms with Crippen LogP contribution in [-0.2, 0) is 0 Å². The lowest BCUT2D eigenvalue weighted by Crippen LogP contribution is -1.99. The third-order valence-electron chi connectivity index (χ3n) is 3.52. The number of methoxy groups -OCH3 is 1. The SMILES string of the molecule is COc1cc(-c2ccc3oc(-c4cccnc4)nc3c2)nc(N)n1. The van der Waals surface area contributed by atoms with Gasteiger partial charge in [0, 0.05) is 24.0 Å². The van der Waals surface area contributed by atoms with E-state index < -0.39 is 0 Å². The molecule has 4 rings (SSSR count). The molecule has 118 valence electrons. The second-order valence-electron chi connectivity index (χ2n) is 5.10. The molecule has 0 atom stereocenters. The van der Waals surface area contributed by atoms with Gasteiger partial charge in [-0.25, -0.2) is 9.97 Å². The molecular weight excluding hydrogens is 306 g/mol. The minimum atomic E-state index is 0.153. The Labute approximate surface area is 137 Å². The number of oxazole rings is 1. The molecule has 2 N–H and O–H groups in total. The number of ether oxygens (including phenoxy) is 1. The van der Waals surface area contributed by atoms with Gasteiger partial charge in [-0.1, -0.05) is 0 Å². The van der Waals surface area contributed by atoms with Gasteiger partial charge in [-0.15, -0.1) is 0 Å². The topological polar surface area (TPSA) is 100.0 Å². The molecule has 1 aromatic carbocycles. The molecular formula is C17H13N5O2. The average molecular weight is 319 g/mol. The number of nitrogen functional groups attached to an aromatic ring is 1. The average Bonchev–Trinajstić information content (AvgIpc) is 3.05. The van der Waals surface area contributed by atoms with Crippen molar-refractivity contribution in [2.75, 3.05) is 12.8 Å². The normalized spacial score (nSPS) is 10.9. The molecule has 0 radical (unpaired) electrons. The van der Waals surface area contributed by atoms with Gasteiger partial charge in [-0.05, 0) is 30.3 Å². The monoisotopic (exact) mass is 319 g/mol. The van der Waals surface area contributed by atoms with Crippen LogP contribution in [0.4, 0.5) is 5.95 Å². The Kier molecular flexibility index (Phi) is 3.31. The zero-order valence-corrected chi connectivity index (χ0v) is 12.8. The fourth-order valence-electron chi connectivity index (χ4n) is 2.39. The summed E-state index contributed by atoms with van der Waals surface area (Å²) in [6, 6.07) is 11.1. The number of pyridine rings is 1. The van der Waals surface area contributed by atoms with Crippen molar-refractivity contribution in [1.82, 2.24) is 19.9 Å². The molecule has 0 aliphatic carbocycles. The van der Waals surface area contributed by atoms with Crippen LogP contribution in [0.1, 0.15) is 0 Å². The fraction of sp³-hybridized carbons (Fsp3) is 0.0588. The number of rotatable bonds is 3. The van der Waals surface area contributed by atoms with E-state index in [4.69, 9.17) is 14.9 Å². The molecule has 0 aliphatic rings. The lowest BCUT2D eigenvalue weighted by Gasteiger charge is -2.04. The molecule has 0 amide bonds. The van der Waals surface area contributed by atoms with Crippen LogP contribution in [0.25, 0.3) is 33.8 Å². The standard InChI is InChI=1S/C17H13N5O2/c1-23-15-8-12(21-17(18)22-15)10-4-5-14-13(7-10)20-16(24-14)11-3-2-6-19-9-11/h2-9H,1H3,(H2,18,21,22). The Morgan fingerprint density at radius 2 is 1.96 bits per heavy atom. The van der Waals surface area contributed by atoms with Crippen molar-refractivity contribution in [1.29, 1.82) is 0 Å². The van der Waals surface area contributed by atoms with Crippen LogP contribution in [0.5, 0.6) is 5.88 Å². The maximum absolute atomic E-state index is 5.78. The summed E-state index contributed by atoms with van der Waals surface area (Å²) in [6.07, 6.45) is 3.42. The van der Waals surface area contributed by atoms with Crippen molar-refractivity contribution in [3.05, 3.63) is 48.8 Å². The first kappa shape index (κ1) is 14.1. The van der Waals surface area contributed by atoms with Crippen molar-refractivity contribution >= 4 is 17.0 Å². The number of aromatic nitrogens is 4. The lowest BCUT2D eigenvalue weighted by atomic mass is 10.1. The molecule has 0 aliphatic heterocycles. The van der Waals surface area contributed by atoms with Gasteiger partial charge in [0.25, 0.3) is 0 Å². The minimum absolute atomic E-state index is 0.153. The number of benzene rings is 1. The summed E-state index contributed by atoms with van der Waals surface area (Å²) < 4.78 is 10.9. The van der Waals surface area contributed by atoms with Gasteiger partial charge in [0.2, 0.25) is 17.7 Å². The summed E-state index contributed by atoms with van der Waals surface area (Å²) in [4.78, 5) is 16.8. The van der Waals surface area contributed by atoms with E-state index in [9.17, 15) is 0 Å². The summed E-state index contributed by atoms with van der Waals surface area (Å²) in [6.45, 7) is 0. The van der Waals surface area contributed by atoms with E-state index in [1.54, 1.807) is 18.5 Å². The van der Waals surface area contributed by atoms with Gasteiger partial charge in [-0.2, -0.15) is 4.98 Å². The molecule has 7 heteroatoms. The minimum Gasteiger partial charge on any atom is -0.481 e. The predicted octanol–water partition coefficient (Wildman–Crippen LogP) is 2.94. The third-order valence-corrected chi connectivity index (χ3v) is 3.52. The Morgan fingerprint density at radius 1 is 1.04 bits per heavy atom. The second kappa shape index (κ2) is 5.62. The molecule has 0 spiro atoms. The summed E-state index contributed by atoms with van der Waals surface area (Å²) >= 11 is 0. The first-order valence-corrected chi connectivity index (χ1v) is 7.23. The predicted molar refractivity (Wildman–Crippen MR) is 89.2 cm³/mol. The highest BCUT2D eigenvalue weighted by Crippen LogP contribution is 2.28. The van der Waals surface area contributed by atoms with Crippen LogP contribution < -0.4 is 10.5 Å². The van der Waals surface area contributed by atoms with Crippen molar-refractivity contribution in [2.45, 2.75) is 0 Å².